The molecule has 1 N–H and O–H groups in total. The molecule has 0 saturated heterocycles. The van der Waals surface area contributed by atoms with E-state index in [9.17, 15) is 4.79 Å². The first kappa shape index (κ1) is 22.5. The van der Waals surface area contributed by atoms with Gasteiger partial charge in [-0.15, -0.1) is 0 Å². The second-order valence-electron chi connectivity index (χ2n) is 1.14. The fourth-order valence-electron chi connectivity index (χ4n) is 0.214. The third-order valence-electron chi connectivity index (χ3n) is 0.464. The fraction of sp³-hybridized carbons (Fsp3) is 0.750. The van der Waals surface area contributed by atoms with Crippen molar-refractivity contribution < 1.29 is 9.90 Å². The quantitative estimate of drug-likeness (QED) is 0.522. The van der Waals surface area contributed by atoms with Crippen LogP contribution in [0.2, 0.25) is 0 Å². The van der Waals surface area contributed by atoms with E-state index < -0.39 is 5.97 Å². The Hall–Kier alpha value is 2.47. The molecule has 0 rings (SSSR count). The van der Waals surface area contributed by atoms with Crippen LogP contribution in [0.1, 0.15) is 19.8 Å². The van der Waals surface area contributed by atoms with E-state index in [0.29, 0.717) is 6.42 Å². The average Bonchev–Trinajstić information content (AvgIpc) is 1.35. The minimum atomic E-state index is -0.711. The van der Waals surface area contributed by atoms with Gasteiger partial charge in [0, 0.05) is 6.42 Å². The molecule has 42 valence electrons. The van der Waals surface area contributed by atoms with Crippen LogP contribution < -0.4 is 0 Å². The summed E-state index contributed by atoms with van der Waals surface area (Å²) in [5.74, 6) is -0.711. The van der Waals surface area contributed by atoms with Crippen molar-refractivity contribution in [3.63, 3.8) is 0 Å². The van der Waals surface area contributed by atoms with Gasteiger partial charge in [0.05, 0.1) is 0 Å². The van der Waals surface area contributed by atoms with Gasteiger partial charge in [0.25, 0.3) is 0 Å². The van der Waals surface area contributed by atoms with Gasteiger partial charge >= 0.3 is 94.6 Å². The molecule has 9 heavy (non-hydrogen) atoms. The molecule has 0 aliphatic heterocycles. The average molecular weight is 160 g/mol. The molecular formula is C4H11Na3O2. The summed E-state index contributed by atoms with van der Waals surface area (Å²) < 4.78 is 0. The molecule has 0 atom stereocenters. The summed E-state index contributed by atoms with van der Waals surface area (Å²) in [6.45, 7) is 1.84. The minimum absolute atomic E-state index is 0. The van der Waals surface area contributed by atoms with Crippen LogP contribution in [-0.2, 0) is 4.79 Å². The number of hydrogen-bond acceptors (Lipinski definition) is 1. The molecule has 5 heteroatoms. The summed E-state index contributed by atoms with van der Waals surface area (Å²) in [4.78, 5) is 9.60. The van der Waals surface area contributed by atoms with Crippen LogP contribution in [-0.4, -0.2) is 99.7 Å². The van der Waals surface area contributed by atoms with Gasteiger partial charge in [-0.05, 0) is 6.42 Å². The maximum absolute atomic E-state index is 9.60. The predicted molar refractivity (Wildman–Crippen MR) is 44.0 cm³/mol. The summed E-state index contributed by atoms with van der Waals surface area (Å²) in [7, 11) is 0. The first-order valence-electron chi connectivity index (χ1n) is 1.99. The monoisotopic (exact) mass is 160 g/mol. The Bertz CT molecular complexity index is 57.8. The molecule has 0 saturated carbocycles. The number of hydrogen-bond donors (Lipinski definition) is 1. The molecule has 0 fully saturated rings. The van der Waals surface area contributed by atoms with Crippen molar-refractivity contribution in [2.45, 2.75) is 19.8 Å². The Morgan fingerprint density at radius 1 is 1.33 bits per heavy atom. The molecule has 0 spiro atoms. The van der Waals surface area contributed by atoms with Gasteiger partial charge < -0.3 is 5.11 Å². The summed E-state index contributed by atoms with van der Waals surface area (Å²) in [5, 5.41) is 7.91. The number of aliphatic carboxylic acids is 1. The normalized spacial score (nSPS) is 5.44. The van der Waals surface area contributed by atoms with Gasteiger partial charge in [0.15, 0.2) is 0 Å². The Kier molecular flexibility index (Phi) is 42.1. The Labute approximate surface area is 122 Å². The SMILES string of the molecule is CCCC(=O)O.[NaH].[NaH].[NaH]. The van der Waals surface area contributed by atoms with Crippen molar-refractivity contribution in [1.29, 1.82) is 0 Å². The third kappa shape index (κ3) is 25.1. The Morgan fingerprint density at radius 2 is 1.67 bits per heavy atom. The van der Waals surface area contributed by atoms with Crippen LogP contribution >= 0.6 is 0 Å². The zero-order valence-corrected chi connectivity index (χ0v) is 3.77. The van der Waals surface area contributed by atoms with E-state index in [-0.39, 0.29) is 88.7 Å². The molecule has 0 bridgehead atoms. The number of carboxylic acid groups (broad SMARTS) is 1. The van der Waals surface area contributed by atoms with Gasteiger partial charge in [-0.3, -0.25) is 4.79 Å². The number of carbonyl (C=O) groups is 1. The van der Waals surface area contributed by atoms with E-state index >= 15 is 0 Å². The van der Waals surface area contributed by atoms with Crippen molar-refractivity contribution in [2.75, 3.05) is 0 Å². The van der Waals surface area contributed by atoms with Crippen LogP contribution in [0.15, 0.2) is 0 Å². The van der Waals surface area contributed by atoms with E-state index in [1.165, 1.54) is 0 Å². The van der Waals surface area contributed by atoms with Crippen LogP contribution in [0.5, 0.6) is 0 Å². The van der Waals surface area contributed by atoms with Crippen LogP contribution in [0, 0.1) is 0 Å². The summed E-state index contributed by atoms with van der Waals surface area (Å²) >= 11 is 0. The summed E-state index contributed by atoms with van der Waals surface area (Å²) in [5.41, 5.74) is 0. The fourth-order valence-corrected chi connectivity index (χ4v) is 0.214. The van der Waals surface area contributed by atoms with Crippen molar-refractivity contribution in [2.24, 2.45) is 0 Å². The molecule has 2 nitrogen and oxygen atoms in total. The molecule has 0 aromatic heterocycles. The molecule has 0 amide bonds. The molecule has 0 aromatic carbocycles. The zero-order valence-electron chi connectivity index (χ0n) is 3.77. The Balaban J connectivity index is -0.0000000417. The van der Waals surface area contributed by atoms with E-state index in [0.717, 1.165) is 6.42 Å². The van der Waals surface area contributed by atoms with Crippen LogP contribution in [0.3, 0.4) is 0 Å². The van der Waals surface area contributed by atoms with E-state index in [1.54, 1.807) is 0 Å². The van der Waals surface area contributed by atoms with Crippen molar-refractivity contribution in [1.82, 2.24) is 0 Å². The molecular weight excluding hydrogens is 149 g/mol. The molecule has 0 aromatic rings. The van der Waals surface area contributed by atoms with Gasteiger partial charge in [0.1, 0.15) is 0 Å². The first-order valence-corrected chi connectivity index (χ1v) is 1.99. The van der Waals surface area contributed by atoms with Gasteiger partial charge in [-0.1, -0.05) is 6.92 Å². The maximum atomic E-state index is 9.60. The second-order valence-corrected chi connectivity index (χ2v) is 1.14. The van der Waals surface area contributed by atoms with Gasteiger partial charge in [0.2, 0.25) is 0 Å². The van der Waals surface area contributed by atoms with Crippen LogP contribution in [0.25, 0.3) is 0 Å². The zero-order chi connectivity index (χ0) is 4.99. The summed E-state index contributed by atoms with van der Waals surface area (Å²) in [6.07, 6.45) is 1.02. The van der Waals surface area contributed by atoms with Crippen molar-refractivity contribution >= 4 is 94.6 Å². The molecule has 0 heterocycles. The number of carboxylic acids is 1. The summed E-state index contributed by atoms with van der Waals surface area (Å²) in [6, 6.07) is 0. The second kappa shape index (κ2) is 16.8. The van der Waals surface area contributed by atoms with E-state index in [1.807, 2.05) is 6.92 Å². The van der Waals surface area contributed by atoms with Crippen LogP contribution in [0.4, 0.5) is 0 Å². The van der Waals surface area contributed by atoms with Gasteiger partial charge in [-0.25, -0.2) is 0 Å². The van der Waals surface area contributed by atoms with E-state index in [2.05, 4.69) is 0 Å². The molecule has 0 aliphatic carbocycles. The Morgan fingerprint density at radius 3 is 1.67 bits per heavy atom. The first-order chi connectivity index (χ1) is 2.77. The van der Waals surface area contributed by atoms with Crippen molar-refractivity contribution in [3.05, 3.63) is 0 Å². The molecule has 0 radical (unpaired) electrons. The topological polar surface area (TPSA) is 37.3 Å². The van der Waals surface area contributed by atoms with E-state index in [4.69, 9.17) is 5.11 Å². The number of rotatable bonds is 2. The van der Waals surface area contributed by atoms with Crippen molar-refractivity contribution in [3.8, 4) is 0 Å². The van der Waals surface area contributed by atoms with Gasteiger partial charge in [-0.2, -0.15) is 0 Å². The molecule has 0 aliphatic rings. The molecule has 0 unspecified atom stereocenters. The standard InChI is InChI=1S/C4H8O2.3Na.3H/c1-2-3-4(5)6;;;;;;/h2-3H2,1H3,(H,5,6);;;;;;. The third-order valence-corrected chi connectivity index (χ3v) is 0.464. The predicted octanol–water partition coefficient (Wildman–Crippen LogP) is -1.07.